The first-order valence-corrected chi connectivity index (χ1v) is 8.08. The second-order valence-corrected chi connectivity index (χ2v) is 6.58. The van der Waals surface area contributed by atoms with Crippen LogP contribution in [0.1, 0.15) is 22.6 Å². The highest BCUT2D eigenvalue weighted by molar-refractivity contribution is 9.10. The van der Waals surface area contributed by atoms with Gasteiger partial charge in [0.05, 0.1) is 9.50 Å². The zero-order valence-corrected chi connectivity index (χ0v) is 13.9. The third-order valence-corrected chi connectivity index (χ3v) is 5.05. The van der Waals surface area contributed by atoms with Gasteiger partial charge >= 0.3 is 0 Å². The van der Waals surface area contributed by atoms with Crippen molar-refractivity contribution in [2.24, 2.45) is 0 Å². The fraction of sp³-hybridized carbons (Fsp3) is 0.250. The van der Waals surface area contributed by atoms with Crippen LogP contribution in [0.4, 0.5) is 0 Å². The van der Waals surface area contributed by atoms with Crippen LogP contribution in [0, 0.1) is 0 Å². The third kappa shape index (κ3) is 2.64. The number of phenolic OH excluding ortho intramolecular Hbond substituents is 3. The molecule has 1 unspecified atom stereocenters. The second kappa shape index (κ2) is 5.99. The van der Waals surface area contributed by atoms with Crippen LogP contribution in [-0.2, 0) is 6.42 Å². The number of hydrogen-bond acceptors (Lipinski definition) is 4. The SMILES string of the molecule is Oc1ccc(C2CNCCc3c2cc(O)c(O)c3Cl)cc1Br. The molecule has 4 nitrogen and oxygen atoms in total. The number of fused-ring (bicyclic) bond motifs is 1. The zero-order chi connectivity index (χ0) is 15.9. The molecule has 0 saturated heterocycles. The lowest BCUT2D eigenvalue weighted by atomic mass is 9.87. The van der Waals surface area contributed by atoms with Crippen molar-refractivity contribution in [3.8, 4) is 17.2 Å². The Morgan fingerprint density at radius 2 is 1.91 bits per heavy atom. The summed E-state index contributed by atoms with van der Waals surface area (Å²) in [5.74, 6) is -0.336. The van der Waals surface area contributed by atoms with Crippen molar-refractivity contribution in [2.45, 2.75) is 12.3 Å². The van der Waals surface area contributed by atoms with Gasteiger partial charge in [-0.3, -0.25) is 0 Å². The Kier molecular flexibility index (Phi) is 4.21. The van der Waals surface area contributed by atoms with Gasteiger partial charge in [0.2, 0.25) is 0 Å². The Bertz CT molecular complexity index is 736. The van der Waals surface area contributed by atoms with Crippen molar-refractivity contribution in [1.82, 2.24) is 5.32 Å². The number of benzene rings is 2. The smallest absolute Gasteiger partial charge is 0.176 e. The van der Waals surface area contributed by atoms with E-state index >= 15 is 0 Å². The molecular formula is C16H15BrClNO3. The molecule has 1 atom stereocenters. The molecule has 0 aliphatic carbocycles. The Balaban J connectivity index is 2.16. The highest BCUT2D eigenvalue weighted by Crippen LogP contribution is 2.43. The van der Waals surface area contributed by atoms with Crippen LogP contribution in [-0.4, -0.2) is 28.4 Å². The Morgan fingerprint density at radius 3 is 2.64 bits per heavy atom. The highest BCUT2D eigenvalue weighted by atomic mass is 79.9. The molecule has 6 heteroatoms. The van der Waals surface area contributed by atoms with Gasteiger partial charge < -0.3 is 20.6 Å². The van der Waals surface area contributed by atoms with Crippen LogP contribution < -0.4 is 5.32 Å². The zero-order valence-electron chi connectivity index (χ0n) is 11.6. The largest absolute Gasteiger partial charge is 0.507 e. The van der Waals surface area contributed by atoms with Gasteiger partial charge in [0.25, 0.3) is 0 Å². The molecule has 0 amide bonds. The van der Waals surface area contributed by atoms with Gasteiger partial charge in [-0.25, -0.2) is 0 Å². The lowest BCUT2D eigenvalue weighted by Crippen LogP contribution is -2.20. The lowest BCUT2D eigenvalue weighted by molar-refractivity contribution is 0.402. The quantitative estimate of drug-likeness (QED) is 0.568. The summed E-state index contributed by atoms with van der Waals surface area (Å²) < 4.78 is 0.616. The Morgan fingerprint density at radius 1 is 1.14 bits per heavy atom. The Labute approximate surface area is 141 Å². The molecule has 0 spiro atoms. The number of halogens is 2. The van der Waals surface area contributed by atoms with Gasteiger partial charge in [-0.05, 0) is 63.8 Å². The molecule has 4 N–H and O–H groups in total. The molecule has 0 fully saturated rings. The van der Waals surface area contributed by atoms with Crippen LogP contribution in [0.15, 0.2) is 28.7 Å². The highest BCUT2D eigenvalue weighted by Gasteiger charge is 2.25. The van der Waals surface area contributed by atoms with E-state index in [4.69, 9.17) is 11.6 Å². The van der Waals surface area contributed by atoms with Crippen LogP contribution in [0.5, 0.6) is 17.2 Å². The summed E-state index contributed by atoms with van der Waals surface area (Å²) in [4.78, 5) is 0. The van der Waals surface area contributed by atoms with Crippen LogP contribution in [0.2, 0.25) is 5.02 Å². The average Bonchev–Trinajstić information content (AvgIpc) is 2.70. The van der Waals surface area contributed by atoms with Gasteiger partial charge in [0.1, 0.15) is 5.75 Å². The van der Waals surface area contributed by atoms with Gasteiger partial charge in [0.15, 0.2) is 11.5 Å². The van der Waals surface area contributed by atoms with E-state index in [0.717, 1.165) is 23.2 Å². The van der Waals surface area contributed by atoms with E-state index in [1.54, 1.807) is 12.1 Å². The van der Waals surface area contributed by atoms with Gasteiger partial charge in [-0.1, -0.05) is 17.7 Å². The number of rotatable bonds is 1. The molecule has 2 aromatic carbocycles. The molecule has 22 heavy (non-hydrogen) atoms. The number of hydrogen-bond donors (Lipinski definition) is 4. The van der Waals surface area contributed by atoms with Crippen LogP contribution in [0.25, 0.3) is 0 Å². The van der Waals surface area contributed by atoms with E-state index in [1.807, 2.05) is 12.1 Å². The van der Waals surface area contributed by atoms with Gasteiger partial charge in [-0.2, -0.15) is 0 Å². The fourth-order valence-electron chi connectivity index (χ4n) is 2.86. The van der Waals surface area contributed by atoms with E-state index in [2.05, 4.69) is 21.2 Å². The molecule has 3 rings (SSSR count). The second-order valence-electron chi connectivity index (χ2n) is 5.34. The fourth-order valence-corrected chi connectivity index (χ4v) is 3.55. The topological polar surface area (TPSA) is 72.7 Å². The molecule has 116 valence electrons. The van der Waals surface area contributed by atoms with E-state index in [1.165, 1.54) is 0 Å². The summed E-state index contributed by atoms with van der Waals surface area (Å²) in [5.41, 5.74) is 2.72. The van der Waals surface area contributed by atoms with Crippen LogP contribution >= 0.6 is 27.5 Å². The molecule has 0 bridgehead atoms. The van der Waals surface area contributed by atoms with E-state index < -0.39 is 0 Å². The monoisotopic (exact) mass is 383 g/mol. The van der Waals surface area contributed by atoms with Crippen molar-refractivity contribution >= 4 is 27.5 Å². The van der Waals surface area contributed by atoms with Crippen molar-refractivity contribution in [1.29, 1.82) is 0 Å². The molecule has 0 aromatic heterocycles. The number of aromatic hydroxyl groups is 3. The van der Waals surface area contributed by atoms with E-state index in [9.17, 15) is 15.3 Å². The molecule has 0 radical (unpaired) electrons. The van der Waals surface area contributed by atoms with E-state index in [-0.39, 0.29) is 28.2 Å². The minimum Gasteiger partial charge on any atom is -0.507 e. The Hall–Kier alpha value is -1.43. The van der Waals surface area contributed by atoms with Gasteiger partial charge in [0, 0.05) is 12.5 Å². The summed E-state index contributed by atoms with van der Waals surface area (Å²) in [7, 11) is 0. The molecule has 1 heterocycles. The summed E-state index contributed by atoms with van der Waals surface area (Å²) in [6.45, 7) is 1.43. The molecule has 0 saturated carbocycles. The molecule has 2 aromatic rings. The van der Waals surface area contributed by atoms with Crippen molar-refractivity contribution < 1.29 is 15.3 Å². The predicted molar refractivity (Wildman–Crippen MR) is 89.0 cm³/mol. The molecule has 1 aliphatic rings. The molecule has 1 aliphatic heterocycles. The number of phenols is 3. The lowest BCUT2D eigenvalue weighted by Gasteiger charge is -2.20. The maximum Gasteiger partial charge on any atom is 0.176 e. The normalized spacial score (nSPS) is 17.8. The molecular weight excluding hydrogens is 370 g/mol. The van der Waals surface area contributed by atoms with Gasteiger partial charge in [-0.15, -0.1) is 0 Å². The maximum absolute atomic E-state index is 9.91. The summed E-state index contributed by atoms with van der Waals surface area (Å²) in [6.07, 6.45) is 0.678. The summed E-state index contributed by atoms with van der Waals surface area (Å²) >= 11 is 9.54. The van der Waals surface area contributed by atoms with Crippen molar-refractivity contribution in [3.05, 3.63) is 50.5 Å². The first-order chi connectivity index (χ1) is 10.5. The maximum atomic E-state index is 9.91. The first-order valence-electron chi connectivity index (χ1n) is 6.91. The third-order valence-electron chi connectivity index (χ3n) is 4.01. The minimum absolute atomic E-state index is 0.0293. The van der Waals surface area contributed by atoms with Crippen LogP contribution in [0.3, 0.4) is 0 Å². The van der Waals surface area contributed by atoms with Crippen molar-refractivity contribution in [2.75, 3.05) is 13.1 Å². The average molecular weight is 385 g/mol. The summed E-state index contributed by atoms with van der Waals surface area (Å²) in [5, 5.41) is 33.0. The summed E-state index contributed by atoms with van der Waals surface area (Å²) in [6, 6.07) is 6.91. The number of nitrogens with one attached hydrogen (secondary N) is 1. The predicted octanol–water partition coefficient (Wildman–Crippen LogP) is 3.50. The standard InChI is InChI=1S/C16H15BrClNO3/c17-12-5-8(1-2-13(12)20)11-7-19-4-3-9-10(11)6-14(21)16(22)15(9)18/h1-2,5-6,11,19-22H,3-4,7H2. The minimum atomic E-state index is -0.270. The van der Waals surface area contributed by atoms with Crippen molar-refractivity contribution in [3.63, 3.8) is 0 Å². The van der Waals surface area contributed by atoms with E-state index in [0.29, 0.717) is 17.4 Å². The first kappa shape index (κ1) is 15.5.